The van der Waals surface area contributed by atoms with Gasteiger partial charge >= 0.3 is 7.82 Å². The van der Waals surface area contributed by atoms with Crippen LogP contribution in [0.4, 0.5) is 11.5 Å². The first-order chi connectivity index (χ1) is 15.5. The van der Waals surface area contributed by atoms with Crippen LogP contribution in [-0.4, -0.2) is 76.3 Å². The van der Waals surface area contributed by atoms with Crippen molar-refractivity contribution in [2.75, 3.05) is 17.7 Å². The Morgan fingerprint density at radius 2 is 1.97 bits per heavy atom. The van der Waals surface area contributed by atoms with Crippen LogP contribution in [-0.2, 0) is 20.4 Å². The number of aliphatic hydroxyl groups is 3. The van der Waals surface area contributed by atoms with Crippen LogP contribution in [0.25, 0.3) is 11.2 Å². The summed E-state index contributed by atoms with van der Waals surface area (Å²) in [5.41, 5.74) is 8.72. The van der Waals surface area contributed by atoms with Gasteiger partial charge in [0.1, 0.15) is 30.2 Å². The van der Waals surface area contributed by atoms with Crippen molar-refractivity contribution in [2.45, 2.75) is 31.1 Å². The molecule has 0 saturated carbocycles. The van der Waals surface area contributed by atoms with Crippen LogP contribution in [0.15, 0.2) is 30.9 Å². The molecule has 0 amide bonds. The average Bonchev–Trinajstić information content (AvgIpc) is 3.34. The molecule has 180 valence electrons. The number of aliphatic hydroxyl groups excluding tert-OH is 3. The molecule has 3 aromatic rings. The van der Waals surface area contributed by atoms with Gasteiger partial charge in [0, 0.05) is 17.3 Å². The Bertz CT molecular complexity index is 1130. The molecule has 33 heavy (non-hydrogen) atoms. The standard InChI is InChI=1S/C12H11ClN6.C5H11O8P/c13-9-2-1-8(14)3-7(9)4-15-11-10-12(17-5-16-10)19-6-18-11;6-3-2(1-12-14(9,10)11)13-5(8)4(3)7/h1-3,5-6H,4,14H2,(H2,15,16,17,18,19);2-8H,1H2,(H2,9,10,11)/t;2-,3-,4-,5?/m.1/s1. The van der Waals surface area contributed by atoms with E-state index in [9.17, 15) is 4.57 Å². The van der Waals surface area contributed by atoms with Crippen LogP contribution in [0.5, 0.6) is 0 Å². The number of rotatable bonds is 6. The molecule has 4 atom stereocenters. The average molecular weight is 505 g/mol. The number of halogens is 1. The van der Waals surface area contributed by atoms with Gasteiger partial charge in [0.25, 0.3) is 0 Å². The number of hydrogen-bond acceptors (Lipinski definition) is 11. The molecule has 1 saturated heterocycles. The van der Waals surface area contributed by atoms with Crippen molar-refractivity contribution in [1.29, 1.82) is 0 Å². The molecule has 0 spiro atoms. The number of phosphoric ester groups is 1. The molecule has 0 radical (unpaired) electrons. The van der Waals surface area contributed by atoms with E-state index in [-0.39, 0.29) is 0 Å². The summed E-state index contributed by atoms with van der Waals surface area (Å²) < 4.78 is 18.9. The SMILES string of the molecule is Nc1ccc(Cl)c(CNc2ncnc3nc[nH]c23)c1.O=P(O)(O)OC[C@H]1OC(O)[C@H](O)[C@@H]1O. The number of aromatic nitrogens is 4. The van der Waals surface area contributed by atoms with Gasteiger partial charge in [-0.1, -0.05) is 11.6 Å². The number of ether oxygens (including phenoxy) is 1. The first-order valence-corrected chi connectivity index (χ1v) is 11.3. The summed E-state index contributed by atoms with van der Waals surface area (Å²) in [6.45, 7) is -0.0887. The number of nitrogens with one attached hydrogen (secondary N) is 2. The van der Waals surface area contributed by atoms with Gasteiger partial charge in [0.05, 0.1) is 12.9 Å². The number of anilines is 2. The molecule has 0 bridgehead atoms. The van der Waals surface area contributed by atoms with Crippen LogP contribution in [0.3, 0.4) is 0 Å². The third-order valence-corrected chi connectivity index (χ3v) is 5.34. The predicted molar refractivity (Wildman–Crippen MR) is 116 cm³/mol. The normalized spacial score (nSPS) is 22.7. The summed E-state index contributed by atoms with van der Waals surface area (Å²) in [6.07, 6.45) is -2.62. The predicted octanol–water partition coefficient (Wildman–Crippen LogP) is -0.265. The molecule has 14 nitrogen and oxygen atoms in total. The second kappa shape index (κ2) is 10.7. The monoisotopic (exact) mass is 504 g/mol. The van der Waals surface area contributed by atoms with Crippen molar-refractivity contribution < 1.29 is 38.9 Å². The van der Waals surface area contributed by atoms with Gasteiger partial charge in [-0.2, -0.15) is 0 Å². The number of imidazole rings is 1. The molecule has 2 aromatic heterocycles. The highest BCUT2D eigenvalue weighted by molar-refractivity contribution is 7.46. The zero-order valence-electron chi connectivity index (χ0n) is 16.8. The summed E-state index contributed by atoms with van der Waals surface area (Å²) in [5.74, 6) is 0.681. The largest absolute Gasteiger partial charge is 0.469 e. The fraction of sp³-hybridized carbons (Fsp3) is 0.353. The zero-order chi connectivity index (χ0) is 24.2. The van der Waals surface area contributed by atoms with E-state index in [0.717, 1.165) is 11.1 Å². The van der Waals surface area contributed by atoms with Crippen LogP contribution < -0.4 is 11.1 Å². The number of benzene rings is 1. The third kappa shape index (κ3) is 6.80. The summed E-state index contributed by atoms with van der Waals surface area (Å²) in [7, 11) is -4.64. The lowest BCUT2D eigenvalue weighted by molar-refractivity contribution is -0.132. The number of nitrogen functional groups attached to an aromatic ring is 1. The lowest BCUT2D eigenvalue weighted by atomic mass is 10.1. The Balaban J connectivity index is 0.000000196. The highest BCUT2D eigenvalue weighted by atomic mass is 35.5. The Hall–Kier alpha value is -2.39. The zero-order valence-corrected chi connectivity index (χ0v) is 18.5. The van der Waals surface area contributed by atoms with Gasteiger partial charge in [0.2, 0.25) is 0 Å². The van der Waals surface area contributed by atoms with Gasteiger partial charge in [-0.25, -0.2) is 19.5 Å². The fourth-order valence-electron chi connectivity index (χ4n) is 2.85. The molecule has 1 aromatic carbocycles. The van der Waals surface area contributed by atoms with Crippen LogP contribution in [0.2, 0.25) is 5.02 Å². The molecule has 4 rings (SSSR count). The van der Waals surface area contributed by atoms with Crippen molar-refractivity contribution >= 4 is 42.1 Å². The summed E-state index contributed by atoms with van der Waals surface area (Å²) in [6, 6.07) is 5.38. The highest BCUT2D eigenvalue weighted by Gasteiger charge is 2.42. The molecule has 1 aliphatic heterocycles. The third-order valence-electron chi connectivity index (χ3n) is 4.48. The van der Waals surface area contributed by atoms with Crippen molar-refractivity contribution in [3.05, 3.63) is 41.4 Å². The van der Waals surface area contributed by atoms with E-state index >= 15 is 0 Å². The quantitative estimate of drug-likeness (QED) is 0.160. The molecule has 16 heteroatoms. The minimum absolute atomic E-state index is 0.523. The number of nitrogens with zero attached hydrogens (tertiary/aromatic N) is 3. The van der Waals surface area contributed by atoms with E-state index in [0.29, 0.717) is 28.7 Å². The summed E-state index contributed by atoms with van der Waals surface area (Å²) >= 11 is 6.11. The van der Waals surface area contributed by atoms with Gasteiger partial charge in [0.15, 0.2) is 17.8 Å². The summed E-state index contributed by atoms with van der Waals surface area (Å²) in [5, 5.41) is 30.9. The van der Waals surface area contributed by atoms with Crippen molar-refractivity contribution in [3.8, 4) is 0 Å². The highest BCUT2D eigenvalue weighted by Crippen LogP contribution is 2.37. The molecular weight excluding hydrogens is 483 g/mol. The van der Waals surface area contributed by atoms with Crippen molar-refractivity contribution in [2.24, 2.45) is 0 Å². The van der Waals surface area contributed by atoms with Gasteiger partial charge in [-0.15, -0.1) is 0 Å². The number of fused-ring (bicyclic) bond motifs is 1. The number of phosphoric acid groups is 1. The molecule has 0 aliphatic carbocycles. The second-order valence-electron chi connectivity index (χ2n) is 6.86. The molecule has 3 heterocycles. The molecular formula is C17H22ClN6O8P. The molecule has 1 aliphatic rings. The maximum atomic E-state index is 10.3. The van der Waals surface area contributed by atoms with Crippen LogP contribution in [0, 0.1) is 0 Å². The first kappa shape index (κ1) is 25.2. The van der Waals surface area contributed by atoms with Crippen molar-refractivity contribution in [3.63, 3.8) is 0 Å². The Morgan fingerprint density at radius 3 is 2.64 bits per heavy atom. The molecule has 9 N–H and O–H groups in total. The topological polar surface area (TPSA) is 229 Å². The first-order valence-electron chi connectivity index (χ1n) is 9.36. The van der Waals surface area contributed by atoms with E-state index in [1.807, 2.05) is 6.07 Å². The second-order valence-corrected chi connectivity index (χ2v) is 8.51. The van der Waals surface area contributed by atoms with E-state index < -0.39 is 39.0 Å². The lowest BCUT2D eigenvalue weighted by Gasteiger charge is -2.14. The van der Waals surface area contributed by atoms with Crippen molar-refractivity contribution in [1.82, 2.24) is 19.9 Å². The minimum atomic E-state index is -4.64. The van der Waals surface area contributed by atoms with Gasteiger partial charge in [-0.05, 0) is 23.8 Å². The fourth-order valence-corrected chi connectivity index (χ4v) is 3.37. The number of aromatic amines is 1. The van der Waals surface area contributed by atoms with E-state index in [4.69, 9.17) is 42.4 Å². The van der Waals surface area contributed by atoms with E-state index in [1.54, 1.807) is 18.5 Å². The maximum Gasteiger partial charge on any atom is 0.469 e. The number of hydrogen-bond donors (Lipinski definition) is 8. The van der Waals surface area contributed by atoms with Gasteiger partial charge < -0.3 is 45.9 Å². The Labute approximate surface area is 191 Å². The lowest BCUT2D eigenvalue weighted by Crippen LogP contribution is -2.34. The Kier molecular flexibility index (Phi) is 8.18. The van der Waals surface area contributed by atoms with Gasteiger partial charge in [-0.3, -0.25) is 4.52 Å². The maximum absolute atomic E-state index is 10.3. The molecule has 1 fully saturated rings. The smallest absolute Gasteiger partial charge is 0.399 e. The number of nitrogens with two attached hydrogens (primary N) is 1. The summed E-state index contributed by atoms with van der Waals surface area (Å²) in [4.78, 5) is 31.9. The minimum Gasteiger partial charge on any atom is -0.399 e. The molecule has 1 unspecified atom stereocenters. The van der Waals surface area contributed by atoms with Crippen LogP contribution >= 0.6 is 19.4 Å². The van der Waals surface area contributed by atoms with E-state index in [1.165, 1.54) is 6.33 Å². The van der Waals surface area contributed by atoms with E-state index in [2.05, 4.69) is 34.5 Å². The number of H-pyrrole nitrogens is 1. The Morgan fingerprint density at radius 1 is 1.21 bits per heavy atom. The van der Waals surface area contributed by atoms with Crippen LogP contribution in [0.1, 0.15) is 5.56 Å².